The van der Waals surface area contributed by atoms with Crippen LogP contribution in [-0.2, 0) is 16.0 Å². The molecule has 0 radical (unpaired) electrons. The lowest BCUT2D eigenvalue weighted by atomic mass is 10.0. The monoisotopic (exact) mass is 338 g/mol. The molecule has 0 saturated carbocycles. The molecule has 5 heteroatoms. The molecular weight excluding hydrogens is 316 g/mol. The van der Waals surface area contributed by atoms with Crippen LogP contribution in [0.4, 0.5) is 0 Å². The van der Waals surface area contributed by atoms with Gasteiger partial charge >= 0.3 is 0 Å². The Bertz CT molecular complexity index is 770. The highest BCUT2D eigenvalue weighted by atomic mass is 16.5. The van der Waals surface area contributed by atoms with Gasteiger partial charge in [-0.1, -0.05) is 48.5 Å². The average Bonchev–Trinajstić information content (AvgIpc) is 2.61. The van der Waals surface area contributed by atoms with Gasteiger partial charge in [0, 0.05) is 18.1 Å². The van der Waals surface area contributed by atoms with Gasteiger partial charge in [-0.3, -0.25) is 9.59 Å². The molecule has 3 N–H and O–H groups in total. The van der Waals surface area contributed by atoms with Gasteiger partial charge in [0.1, 0.15) is 11.8 Å². The number of methoxy groups -OCH3 is 1. The SMILES string of the molecule is COc1ccccc1/C(C)=C/C(=O)NC(Cc1ccccc1)C(N)=O. The number of ether oxygens (including phenoxy) is 1. The molecule has 0 saturated heterocycles. The average molecular weight is 338 g/mol. The molecule has 0 heterocycles. The van der Waals surface area contributed by atoms with E-state index in [-0.39, 0.29) is 5.91 Å². The Kier molecular flexibility index (Phi) is 6.34. The second kappa shape index (κ2) is 8.68. The summed E-state index contributed by atoms with van der Waals surface area (Å²) in [4.78, 5) is 24.0. The summed E-state index contributed by atoms with van der Waals surface area (Å²) in [5.41, 5.74) is 7.91. The van der Waals surface area contributed by atoms with Gasteiger partial charge in [-0.2, -0.15) is 0 Å². The zero-order chi connectivity index (χ0) is 18.2. The lowest BCUT2D eigenvalue weighted by molar-refractivity contribution is -0.124. The largest absolute Gasteiger partial charge is 0.496 e. The molecule has 1 atom stereocenters. The van der Waals surface area contributed by atoms with Crippen LogP contribution in [0.5, 0.6) is 5.75 Å². The summed E-state index contributed by atoms with van der Waals surface area (Å²) in [5, 5.41) is 2.67. The third kappa shape index (κ3) is 5.21. The van der Waals surface area contributed by atoms with Crippen LogP contribution in [0.1, 0.15) is 18.1 Å². The van der Waals surface area contributed by atoms with Crippen molar-refractivity contribution in [2.45, 2.75) is 19.4 Å². The maximum atomic E-state index is 12.3. The van der Waals surface area contributed by atoms with E-state index in [0.717, 1.165) is 16.7 Å². The second-order valence-corrected chi connectivity index (χ2v) is 5.68. The van der Waals surface area contributed by atoms with Gasteiger partial charge in [0.15, 0.2) is 0 Å². The van der Waals surface area contributed by atoms with Crippen molar-refractivity contribution in [1.29, 1.82) is 0 Å². The highest BCUT2D eigenvalue weighted by molar-refractivity contribution is 5.98. The Morgan fingerprint density at radius 1 is 1.12 bits per heavy atom. The summed E-state index contributed by atoms with van der Waals surface area (Å²) in [6.07, 6.45) is 1.79. The van der Waals surface area contributed by atoms with Crippen molar-refractivity contribution in [2.75, 3.05) is 7.11 Å². The number of hydrogen-bond acceptors (Lipinski definition) is 3. The highest BCUT2D eigenvalue weighted by Crippen LogP contribution is 2.24. The fourth-order valence-electron chi connectivity index (χ4n) is 2.53. The van der Waals surface area contributed by atoms with E-state index in [2.05, 4.69) is 5.32 Å². The summed E-state index contributed by atoms with van der Waals surface area (Å²) in [6, 6.07) is 16.1. The van der Waals surface area contributed by atoms with Crippen LogP contribution in [0.25, 0.3) is 5.57 Å². The molecule has 0 aliphatic heterocycles. The molecule has 25 heavy (non-hydrogen) atoms. The van der Waals surface area contributed by atoms with E-state index < -0.39 is 11.9 Å². The van der Waals surface area contributed by atoms with E-state index in [0.29, 0.717) is 12.2 Å². The third-order valence-corrected chi connectivity index (χ3v) is 3.82. The summed E-state index contributed by atoms with van der Waals surface area (Å²) >= 11 is 0. The first-order chi connectivity index (χ1) is 12.0. The molecule has 2 aromatic rings. The number of nitrogens with two attached hydrogens (primary N) is 1. The zero-order valence-corrected chi connectivity index (χ0v) is 14.4. The number of primary amides is 1. The van der Waals surface area contributed by atoms with Crippen LogP contribution in [0, 0.1) is 0 Å². The molecule has 0 bridgehead atoms. The van der Waals surface area contributed by atoms with Crippen LogP contribution in [-0.4, -0.2) is 25.0 Å². The minimum Gasteiger partial charge on any atom is -0.496 e. The Balaban J connectivity index is 2.11. The van der Waals surface area contributed by atoms with Gasteiger partial charge in [-0.15, -0.1) is 0 Å². The fourth-order valence-corrected chi connectivity index (χ4v) is 2.53. The van der Waals surface area contributed by atoms with Crippen molar-refractivity contribution >= 4 is 17.4 Å². The van der Waals surface area contributed by atoms with Gasteiger partial charge in [0.05, 0.1) is 7.11 Å². The molecule has 0 aliphatic carbocycles. The van der Waals surface area contributed by atoms with Gasteiger partial charge in [-0.25, -0.2) is 0 Å². The number of rotatable bonds is 7. The number of carbonyl (C=O) groups is 2. The van der Waals surface area contributed by atoms with Crippen molar-refractivity contribution in [3.8, 4) is 5.75 Å². The van der Waals surface area contributed by atoms with Crippen LogP contribution in [0.3, 0.4) is 0 Å². The second-order valence-electron chi connectivity index (χ2n) is 5.68. The number of benzene rings is 2. The molecular formula is C20H22N2O3. The first kappa shape index (κ1) is 18.3. The van der Waals surface area contributed by atoms with Gasteiger partial charge < -0.3 is 15.8 Å². The van der Waals surface area contributed by atoms with Crippen LogP contribution in [0.2, 0.25) is 0 Å². The Morgan fingerprint density at radius 2 is 1.76 bits per heavy atom. The normalized spacial score (nSPS) is 12.3. The molecule has 2 aromatic carbocycles. The summed E-state index contributed by atoms with van der Waals surface area (Å²) in [6.45, 7) is 1.81. The van der Waals surface area contributed by atoms with E-state index in [1.54, 1.807) is 7.11 Å². The molecule has 0 spiro atoms. The summed E-state index contributed by atoms with van der Waals surface area (Å²) in [5.74, 6) is -0.261. The summed E-state index contributed by atoms with van der Waals surface area (Å²) < 4.78 is 5.30. The van der Waals surface area contributed by atoms with Crippen LogP contribution < -0.4 is 15.8 Å². The van der Waals surface area contributed by atoms with Crippen molar-refractivity contribution in [1.82, 2.24) is 5.32 Å². The summed E-state index contributed by atoms with van der Waals surface area (Å²) in [7, 11) is 1.58. The predicted molar refractivity (Wildman–Crippen MR) is 97.9 cm³/mol. The van der Waals surface area contributed by atoms with E-state index in [4.69, 9.17) is 10.5 Å². The number of nitrogens with one attached hydrogen (secondary N) is 1. The molecule has 0 fully saturated rings. The van der Waals surface area contributed by atoms with E-state index in [1.807, 2.05) is 61.5 Å². The van der Waals surface area contributed by atoms with Crippen molar-refractivity contribution in [3.05, 3.63) is 71.8 Å². The molecule has 0 aliphatic rings. The van der Waals surface area contributed by atoms with Crippen molar-refractivity contribution < 1.29 is 14.3 Å². The first-order valence-electron chi connectivity index (χ1n) is 7.96. The minimum atomic E-state index is -0.767. The quantitative estimate of drug-likeness (QED) is 0.760. The lowest BCUT2D eigenvalue weighted by Crippen LogP contribution is -2.45. The maximum Gasteiger partial charge on any atom is 0.244 e. The number of allylic oxidation sites excluding steroid dienone is 1. The minimum absolute atomic E-state index is 0.351. The standard InChI is InChI=1S/C20H22N2O3/c1-14(16-10-6-7-11-18(16)25-2)12-19(23)22-17(20(21)24)13-15-8-4-3-5-9-15/h3-12,17H,13H2,1-2H3,(H2,21,24)(H,22,23)/b14-12+. The highest BCUT2D eigenvalue weighted by Gasteiger charge is 2.18. The Labute approximate surface area is 147 Å². The van der Waals surface area contributed by atoms with Crippen LogP contribution in [0.15, 0.2) is 60.7 Å². The maximum absolute atomic E-state index is 12.3. The van der Waals surface area contributed by atoms with Crippen molar-refractivity contribution in [3.63, 3.8) is 0 Å². The van der Waals surface area contributed by atoms with E-state index >= 15 is 0 Å². The number of hydrogen-bond donors (Lipinski definition) is 2. The molecule has 130 valence electrons. The number of carbonyl (C=O) groups excluding carboxylic acids is 2. The van der Waals surface area contributed by atoms with Gasteiger partial charge in [-0.05, 0) is 24.1 Å². The lowest BCUT2D eigenvalue weighted by Gasteiger charge is -2.15. The smallest absolute Gasteiger partial charge is 0.244 e. The molecule has 5 nitrogen and oxygen atoms in total. The molecule has 2 rings (SSSR count). The van der Waals surface area contributed by atoms with E-state index in [1.165, 1.54) is 6.08 Å². The van der Waals surface area contributed by atoms with Gasteiger partial charge in [0.2, 0.25) is 11.8 Å². The number of amides is 2. The van der Waals surface area contributed by atoms with Gasteiger partial charge in [0.25, 0.3) is 0 Å². The molecule has 1 unspecified atom stereocenters. The van der Waals surface area contributed by atoms with Crippen LogP contribution >= 0.6 is 0 Å². The van der Waals surface area contributed by atoms with E-state index in [9.17, 15) is 9.59 Å². The Hall–Kier alpha value is -3.08. The third-order valence-electron chi connectivity index (χ3n) is 3.82. The molecule has 0 aromatic heterocycles. The van der Waals surface area contributed by atoms with Crippen molar-refractivity contribution in [2.24, 2.45) is 5.73 Å². The topological polar surface area (TPSA) is 81.4 Å². The fraction of sp³-hybridized carbons (Fsp3) is 0.200. The Morgan fingerprint density at radius 3 is 2.40 bits per heavy atom. The first-order valence-corrected chi connectivity index (χ1v) is 7.96. The number of para-hydroxylation sites is 1. The predicted octanol–water partition coefficient (Wildman–Crippen LogP) is 2.31. The zero-order valence-electron chi connectivity index (χ0n) is 14.4. The molecule has 2 amide bonds.